The Kier molecular flexibility index (Phi) is 44.6. The second-order valence-electron chi connectivity index (χ2n) is 42.0. The van der Waals surface area contributed by atoms with Crippen LogP contribution < -0.4 is 23.0 Å². The number of rotatable bonds is 15. The number of imidazole rings is 2. The van der Waals surface area contributed by atoms with E-state index in [1.54, 1.807) is 0 Å². The summed E-state index contributed by atoms with van der Waals surface area (Å²) in [5.41, 5.74) is 10.1. The van der Waals surface area contributed by atoms with E-state index in [-0.39, 0.29) is 0 Å². The third-order valence-electron chi connectivity index (χ3n) is 13.0. The smallest absolute Gasteiger partial charge is 0.240 e. The normalized spacial score (nSPS) is 12.0. The first-order valence-electron chi connectivity index (χ1n) is 37.9. The second-order valence-corrected chi connectivity index (χ2v) is 42.0. The Morgan fingerprint density at radius 3 is 1.12 bits per heavy atom. The van der Waals surface area contributed by atoms with Crippen LogP contribution in [0.2, 0.25) is 0 Å². The molecule has 7 rings (SSSR count). The highest BCUT2D eigenvalue weighted by Gasteiger charge is 2.18. The van der Waals surface area contributed by atoms with E-state index in [1.807, 2.05) is 57.8 Å². The number of hydrogen-bond donors (Lipinski definition) is 0. The first-order valence-corrected chi connectivity index (χ1v) is 37.9. The lowest BCUT2D eigenvalue weighted by molar-refractivity contribution is -0.732. The van der Waals surface area contributed by atoms with E-state index in [0.29, 0.717) is 54.1 Å². The minimum absolute atomic E-state index is 0.436. The molecule has 0 amide bonds. The number of pyridine rings is 1. The Morgan fingerprint density at radius 1 is 0.354 bits per heavy atom. The molecule has 0 aliphatic carbocycles. The van der Waals surface area contributed by atoms with Gasteiger partial charge in [0, 0.05) is 29.0 Å². The summed E-state index contributed by atoms with van der Waals surface area (Å²) < 4.78 is 19.0. The Hall–Kier alpha value is -5.19. The van der Waals surface area contributed by atoms with Gasteiger partial charge < -0.3 is 0 Å². The first-order chi connectivity index (χ1) is 44.4. The Bertz CT molecular complexity index is 2910. The molecule has 0 radical (unpaired) electrons. The number of aryl methyl sites for hydroxylation is 10. The molecular weight excluding hydrogens is 1210 g/mol. The SMILES string of the molecule is CC(C)(C)C.CC(C)(C)C.CC(C)(C)C.CC(C)(C)C.CC(C)(C)C.C[n+]1c(CCCC(C)(C)C)ccc2ccccc21.C[n+]1ccn(CCCC(C)(C)C)c1.C[n+]1ccn(CCCC(C)(C)C)n1.C[n+]1cn(CCCC(C)(C)C)c2ccccc21.C[n+]1cnn(CCCC(C)(C)C)c1. The molecule has 0 saturated heterocycles. The molecule has 0 fully saturated rings. The van der Waals surface area contributed by atoms with Gasteiger partial charge in [-0.1, -0.05) is 267 Å². The van der Waals surface area contributed by atoms with Crippen molar-refractivity contribution in [3.8, 4) is 0 Å². The van der Waals surface area contributed by atoms with Crippen molar-refractivity contribution in [2.24, 2.45) is 89.4 Å². The number of hydrogen-bond acceptors (Lipinski definition) is 2. The van der Waals surface area contributed by atoms with E-state index >= 15 is 0 Å². The molecule has 0 aliphatic heterocycles. The summed E-state index contributed by atoms with van der Waals surface area (Å²) in [6.45, 7) is 82.4. The van der Waals surface area contributed by atoms with Crippen molar-refractivity contribution in [1.29, 1.82) is 0 Å². The van der Waals surface area contributed by atoms with Gasteiger partial charge in [-0.15, -0.1) is 14.0 Å². The van der Waals surface area contributed by atoms with Crippen LogP contribution in [-0.4, -0.2) is 28.8 Å². The van der Waals surface area contributed by atoms with Crippen LogP contribution in [0.5, 0.6) is 0 Å². The fourth-order valence-electron chi connectivity index (χ4n) is 8.77. The molecule has 0 aliphatic rings. The molecule has 0 unspecified atom stereocenters. The zero-order valence-corrected chi connectivity index (χ0v) is 73.4. The van der Waals surface area contributed by atoms with Crippen LogP contribution in [-0.2, 0) is 67.8 Å². The van der Waals surface area contributed by atoms with Gasteiger partial charge in [-0.2, -0.15) is 4.57 Å². The molecule has 0 bridgehead atoms. The van der Waals surface area contributed by atoms with Crippen molar-refractivity contribution in [3.63, 3.8) is 0 Å². The first kappa shape index (κ1) is 98.0. The number of benzene rings is 2. The second kappa shape index (κ2) is 45.0. The number of para-hydroxylation sites is 3. The van der Waals surface area contributed by atoms with Gasteiger partial charge in [-0.3, -0.25) is 0 Å². The molecule has 0 saturated carbocycles. The Labute approximate surface area is 615 Å². The third-order valence-corrected chi connectivity index (χ3v) is 13.0. The summed E-state index contributed by atoms with van der Waals surface area (Å²) in [6.07, 6.45) is 30.0. The van der Waals surface area contributed by atoms with Gasteiger partial charge in [-0.25, -0.2) is 22.8 Å². The maximum absolute atomic E-state index is 4.26. The van der Waals surface area contributed by atoms with Gasteiger partial charge in [-0.05, 0) is 143 Å². The fourth-order valence-corrected chi connectivity index (χ4v) is 8.77. The molecular formula is C88H168N11+5. The predicted molar refractivity (Wildman–Crippen MR) is 433 cm³/mol. The lowest BCUT2D eigenvalue weighted by atomic mass is 9.89. The van der Waals surface area contributed by atoms with E-state index in [1.165, 1.54) is 98.3 Å². The molecule has 5 heterocycles. The largest absolute Gasteiger partial charge is 0.264 e. The van der Waals surface area contributed by atoms with E-state index in [9.17, 15) is 0 Å². The Balaban J connectivity index is -0.00000108. The summed E-state index contributed by atoms with van der Waals surface area (Å²) in [5, 5.41) is 9.80. The van der Waals surface area contributed by atoms with E-state index in [0.717, 1.165) is 26.2 Å². The van der Waals surface area contributed by atoms with Crippen LogP contribution in [0.1, 0.15) is 312 Å². The summed E-state index contributed by atoms with van der Waals surface area (Å²) in [5.74, 6) is 0. The van der Waals surface area contributed by atoms with Crippen LogP contribution in [0.3, 0.4) is 0 Å². The monoisotopic (exact) mass is 1380 g/mol. The van der Waals surface area contributed by atoms with Crippen LogP contribution in [0, 0.1) is 54.1 Å². The van der Waals surface area contributed by atoms with Crippen molar-refractivity contribution >= 4 is 21.9 Å². The van der Waals surface area contributed by atoms with Gasteiger partial charge in [0.15, 0.2) is 29.1 Å². The standard InChI is InChI=1S/C17H24N.C15H23N2.C11H21N2.2C10H20N3.5C5H12/c1-17(2,3)13-7-9-15-12-11-14-8-5-6-10-16(14)18(15)4;1-15(2,3)10-7-11-17-12-16(4)13-8-5-6-9-14(13)17;1-11(2,3)6-5-7-13-9-8-12(4)10-13;1-10(2,3)6-5-7-13-9-12(4)8-11-13;1-10(2,3)6-5-7-13-9-8-12(4)11-13;5*1-5(2,3)4/h5-6,8,10-12H,7,9,13H2,1-4H3;5-6,8-9,12H,7,10-11H2,1-4H3;8-10H,5-7H2,1-4H3;2*8-9H,5-7H2,1-4H3;5*1-4H3/q5*+1;;;;;. The Morgan fingerprint density at radius 2 is 0.737 bits per heavy atom. The quantitative estimate of drug-likeness (QED) is 0.0960. The molecule has 0 atom stereocenters. The molecule has 2 aromatic carbocycles. The molecule has 570 valence electrons. The van der Waals surface area contributed by atoms with Crippen LogP contribution in [0.15, 0.2) is 111 Å². The molecule has 99 heavy (non-hydrogen) atoms. The van der Waals surface area contributed by atoms with Crippen molar-refractivity contribution in [2.75, 3.05) is 0 Å². The number of fused-ring (bicyclic) bond motifs is 2. The maximum atomic E-state index is 4.26. The lowest BCUT2D eigenvalue weighted by Crippen LogP contribution is -2.34. The number of aromatic nitrogens is 11. The molecule has 11 heteroatoms. The zero-order valence-electron chi connectivity index (χ0n) is 73.4. The van der Waals surface area contributed by atoms with Crippen LogP contribution >= 0.6 is 0 Å². The summed E-state index contributed by atoms with van der Waals surface area (Å²) in [7, 11) is 10.3. The van der Waals surface area contributed by atoms with Gasteiger partial charge in [0.25, 0.3) is 6.33 Å². The van der Waals surface area contributed by atoms with Gasteiger partial charge in [0.2, 0.25) is 24.5 Å². The third kappa shape index (κ3) is 71.0. The summed E-state index contributed by atoms with van der Waals surface area (Å²) in [6, 6.07) is 21.7. The van der Waals surface area contributed by atoms with Gasteiger partial charge in [0.1, 0.15) is 39.6 Å². The van der Waals surface area contributed by atoms with Crippen molar-refractivity contribution in [1.82, 2.24) is 28.8 Å². The molecule has 0 spiro atoms. The minimum Gasteiger partial charge on any atom is -0.240 e. The highest BCUT2D eigenvalue weighted by atomic mass is 15.5. The van der Waals surface area contributed by atoms with Crippen LogP contribution in [0.25, 0.3) is 21.9 Å². The summed E-state index contributed by atoms with van der Waals surface area (Å²) >= 11 is 0. The topological polar surface area (TPSA) is 64.9 Å². The van der Waals surface area contributed by atoms with Gasteiger partial charge in [0.05, 0.1) is 39.4 Å². The van der Waals surface area contributed by atoms with Crippen LogP contribution in [0.4, 0.5) is 0 Å². The molecule has 5 aromatic heterocycles. The number of nitrogens with zero attached hydrogens (tertiary/aromatic N) is 11. The lowest BCUT2D eigenvalue weighted by Gasteiger charge is -2.17. The average Bonchev–Trinajstić information content (AvgIpc) is 1.80. The average molecular weight is 1380 g/mol. The molecule has 7 aromatic rings. The highest BCUT2D eigenvalue weighted by Crippen LogP contribution is 2.25. The van der Waals surface area contributed by atoms with Gasteiger partial charge >= 0.3 is 0 Å². The van der Waals surface area contributed by atoms with Crippen molar-refractivity contribution in [3.05, 3.63) is 116 Å². The van der Waals surface area contributed by atoms with Crippen molar-refractivity contribution in [2.45, 2.75) is 339 Å². The fraction of sp³-hybridized carbons (Fsp3) is 0.739. The van der Waals surface area contributed by atoms with E-state index < -0.39 is 0 Å². The van der Waals surface area contributed by atoms with E-state index in [4.69, 9.17) is 0 Å². The summed E-state index contributed by atoms with van der Waals surface area (Å²) in [4.78, 5) is 0. The molecule has 0 N–H and O–H groups in total. The minimum atomic E-state index is 0.436. The van der Waals surface area contributed by atoms with E-state index in [2.05, 4.69) is 382 Å². The molecule has 11 nitrogen and oxygen atoms in total. The van der Waals surface area contributed by atoms with Crippen molar-refractivity contribution < 1.29 is 23.0 Å². The zero-order chi connectivity index (χ0) is 77.8. The maximum Gasteiger partial charge on any atom is 0.264 e. The predicted octanol–water partition coefficient (Wildman–Crippen LogP) is 22.8. The highest BCUT2D eigenvalue weighted by molar-refractivity contribution is 5.75.